The third-order valence-electron chi connectivity index (χ3n) is 6.37. The highest BCUT2D eigenvalue weighted by Gasteiger charge is 2.22. The van der Waals surface area contributed by atoms with Gasteiger partial charge in [-0.1, -0.05) is 68.0 Å². The summed E-state index contributed by atoms with van der Waals surface area (Å²) < 4.78 is 0. The summed E-state index contributed by atoms with van der Waals surface area (Å²) in [7, 11) is 0. The third-order valence-corrected chi connectivity index (χ3v) is 6.37. The molecule has 208 valence electrons. The number of carboxylic acid groups (broad SMARTS) is 1. The average molecular weight is 534 g/mol. The number of benzene rings is 2. The number of allylic oxidation sites excluding steroid dienone is 3. The number of carboxylic acids is 1. The molecule has 39 heavy (non-hydrogen) atoms. The van der Waals surface area contributed by atoms with E-state index in [-0.39, 0.29) is 11.8 Å². The summed E-state index contributed by atoms with van der Waals surface area (Å²) in [5.74, 6) is -1.92. The van der Waals surface area contributed by atoms with Crippen molar-refractivity contribution in [3.63, 3.8) is 0 Å². The molecule has 0 aliphatic carbocycles. The molecule has 0 saturated heterocycles. The summed E-state index contributed by atoms with van der Waals surface area (Å²) >= 11 is 0. The van der Waals surface area contributed by atoms with E-state index in [0.29, 0.717) is 50.7 Å². The van der Waals surface area contributed by atoms with Crippen LogP contribution in [-0.4, -0.2) is 41.9 Å². The second-order valence-corrected chi connectivity index (χ2v) is 9.53. The van der Waals surface area contributed by atoms with Crippen LogP contribution in [-0.2, 0) is 27.3 Å². The molecule has 8 heteroatoms. The van der Waals surface area contributed by atoms with Gasteiger partial charge in [0.05, 0.1) is 5.92 Å². The van der Waals surface area contributed by atoms with Crippen LogP contribution in [0.2, 0.25) is 0 Å². The van der Waals surface area contributed by atoms with E-state index in [1.807, 2.05) is 56.4 Å². The van der Waals surface area contributed by atoms with Crippen molar-refractivity contribution in [3.05, 3.63) is 88.5 Å². The van der Waals surface area contributed by atoms with Crippen molar-refractivity contribution in [2.45, 2.75) is 59.0 Å². The van der Waals surface area contributed by atoms with Crippen LogP contribution in [0.5, 0.6) is 0 Å². The summed E-state index contributed by atoms with van der Waals surface area (Å²) in [4.78, 5) is 47.7. The minimum absolute atomic E-state index is 0.298. The highest BCUT2D eigenvalue weighted by atomic mass is 16.4. The number of carbonyl (C=O) groups is 4. The van der Waals surface area contributed by atoms with Gasteiger partial charge < -0.3 is 21.1 Å². The van der Waals surface area contributed by atoms with E-state index in [1.54, 1.807) is 31.2 Å². The van der Waals surface area contributed by atoms with Gasteiger partial charge in [0.25, 0.3) is 5.91 Å². The zero-order chi connectivity index (χ0) is 28.6. The van der Waals surface area contributed by atoms with Crippen LogP contribution >= 0.6 is 0 Å². The van der Waals surface area contributed by atoms with E-state index >= 15 is 0 Å². The van der Waals surface area contributed by atoms with Gasteiger partial charge >= 0.3 is 5.97 Å². The number of aryl methyl sites for hydroxylation is 1. The summed E-state index contributed by atoms with van der Waals surface area (Å²) in [6.45, 7) is 6.38. The lowest BCUT2D eigenvalue weighted by Crippen LogP contribution is -2.48. The monoisotopic (exact) mass is 533 g/mol. The molecule has 2 unspecified atom stereocenters. The van der Waals surface area contributed by atoms with E-state index in [1.165, 1.54) is 0 Å². The van der Waals surface area contributed by atoms with Gasteiger partial charge in [0.1, 0.15) is 6.04 Å². The molecule has 0 saturated carbocycles. The molecule has 0 aromatic heterocycles. The number of nitrogens with one attached hydrogen (secondary N) is 3. The Morgan fingerprint density at radius 3 is 2.38 bits per heavy atom. The number of carbonyl (C=O) groups excluding carboxylic acids is 3. The van der Waals surface area contributed by atoms with Crippen LogP contribution < -0.4 is 16.0 Å². The lowest BCUT2D eigenvalue weighted by atomic mass is 9.99. The summed E-state index contributed by atoms with van der Waals surface area (Å²) in [5, 5.41) is 17.4. The van der Waals surface area contributed by atoms with Crippen molar-refractivity contribution in [2.24, 2.45) is 5.92 Å². The Kier molecular flexibility index (Phi) is 13.2. The first kappa shape index (κ1) is 31.0. The fourth-order valence-corrected chi connectivity index (χ4v) is 3.92. The van der Waals surface area contributed by atoms with Crippen LogP contribution in [0, 0.1) is 12.8 Å². The molecule has 0 aliphatic rings. The second-order valence-electron chi connectivity index (χ2n) is 9.53. The van der Waals surface area contributed by atoms with Gasteiger partial charge in [0.15, 0.2) is 0 Å². The zero-order valence-electron chi connectivity index (χ0n) is 22.9. The van der Waals surface area contributed by atoms with E-state index < -0.39 is 17.9 Å². The molecule has 2 aromatic carbocycles. The van der Waals surface area contributed by atoms with E-state index in [2.05, 4.69) is 16.0 Å². The number of aliphatic carboxylic acids is 1. The normalized spacial score (nSPS) is 12.7. The van der Waals surface area contributed by atoms with Gasteiger partial charge in [0.2, 0.25) is 12.3 Å². The first-order chi connectivity index (χ1) is 18.7. The van der Waals surface area contributed by atoms with E-state index in [4.69, 9.17) is 5.11 Å². The molecule has 4 N–H and O–H groups in total. The first-order valence-corrected chi connectivity index (χ1v) is 13.2. The minimum Gasteiger partial charge on any atom is -0.481 e. The van der Waals surface area contributed by atoms with Gasteiger partial charge in [-0.05, 0) is 61.1 Å². The van der Waals surface area contributed by atoms with Crippen molar-refractivity contribution < 1.29 is 24.3 Å². The molecular weight excluding hydrogens is 494 g/mol. The molecule has 0 heterocycles. The highest BCUT2D eigenvalue weighted by Crippen LogP contribution is 2.16. The van der Waals surface area contributed by atoms with E-state index in [9.17, 15) is 19.2 Å². The van der Waals surface area contributed by atoms with Crippen molar-refractivity contribution in [3.8, 4) is 0 Å². The molecule has 0 spiro atoms. The van der Waals surface area contributed by atoms with Crippen LogP contribution in [0.25, 0.3) is 6.08 Å². The smallest absolute Gasteiger partial charge is 0.306 e. The summed E-state index contributed by atoms with van der Waals surface area (Å²) in [6, 6.07) is 12.0. The maximum Gasteiger partial charge on any atom is 0.306 e. The molecular formula is C31H39N3O5. The van der Waals surface area contributed by atoms with E-state index in [0.717, 1.165) is 22.3 Å². The van der Waals surface area contributed by atoms with Gasteiger partial charge in [-0.15, -0.1) is 0 Å². The molecule has 0 radical (unpaired) electrons. The average Bonchev–Trinajstić information content (AvgIpc) is 2.93. The third kappa shape index (κ3) is 11.0. The van der Waals surface area contributed by atoms with Crippen LogP contribution in [0.1, 0.15) is 65.7 Å². The van der Waals surface area contributed by atoms with Crippen molar-refractivity contribution in [1.29, 1.82) is 0 Å². The summed E-state index contributed by atoms with van der Waals surface area (Å²) in [5.41, 5.74) is 4.30. The maximum absolute atomic E-state index is 13.2. The molecule has 0 aliphatic heterocycles. The molecule has 8 nitrogen and oxygen atoms in total. The Bertz CT molecular complexity index is 1170. The molecule has 0 fully saturated rings. The van der Waals surface area contributed by atoms with Crippen LogP contribution in [0.3, 0.4) is 0 Å². The Morgan fingerprint density at radius 2 is 1.72 bits per heavy atom. The van der Waals surface area contributed by atoms with Gasteiger partial charge in [-0.2, -0.15) is 0 Å². The number of hydrogen-bond acceptors (Lipinski definition) is 4. The minimum atomic E-state index is -0.826. The Labute approximate surface area is 230 Å². The zero-order valence-corrected chi connectivity index (χ0v) is 22.9. The first-order valence-electron chi connectivity index (χ1n) is 13.2. The topological polar surface area (TPSA) is 125 Å². The van der Waals surface area contributed by atoms with Gasteiger partial charge in [0, 0.05) is 25.1 Å². The van der Waals surface area contributed by atoms with Crippen LogP contribution in [0.4, 0.5) is 0 Å². The predicted molar refractivity (Wildman–Crippen MR) is 153 cm³/mol. The van der Waals surface area contributed by atoms with Gasteiger partial charge in [-0.3, -0.25) is 19.2 Å². The maximum atomic E-state index is 13.2. The predicted octanol–water partition coefficient (Wildman–Crippen LogP) is 4.18. The fourth-order valence-electron chi connectivity index (χ4n) is 3.92. The van der Waals surface area contributed by atoms with Crippen LogP contribution in [0.15, 0.2) is 60.7 Å². The number of rotatable bonds is 16. The number of amides is 3. The molecule has 2 aromatic rings. The Morgan fingerprint density at radius 1 is 1.00 bits per heavy atom. The lowest BCUT2D eigenvalue weighted by molar-refractivity contribution is -0.141. The SMILES string of the molecule is C/C=C\C=C/c1cc(CC(NC(=O)c2ccc(CNC=O)cc2)C(=O)NCCCCC(C)C(=O)O)ccc1C. The van der Waals surface area contributed by atoms with Gasteiger partial charge in [-0.25, -0.2) is 0 Å². The van der Waals surface area contributed by atoms with Crippen molar-refractivity contribution >= 4 is 30.3 Å². The Balaban J connectivity index is 2.14. The number of unbranched alkanes of at least 4 members (excludes halogenated alkanes) is 1. The number of hydrogen-bond donors (Lipinski definition) is 4. The summed E-state index contributed by atoms with van der Waals surface area (Å²) in [6.07, 6.45) is 10.6. The molecule has 2 atom stereocenters. The highest BCUT2D eigenvalue weighted by molar-refractivity contribution is 5.97. The lowest BCUT2D eigenvalue weighted by Gasteiger charge is -2.19. The largest absolute Gasteiger partial charge is 0.481 e. The quantitative estimate of drug-likeness (QED) is 0.146. The van der Waals surface area contributed by atoms with Crippen molar-refractivity contribution in [2.75, 3.05) is 6.54 Å². The molecule has 3 amide bonds. The second kappa shape index (κ2) is 16.6. The Hall–Kier alpha value is -4.20. The fraction of sp³-hybridized carbons (Fsp3) is 0.355. The molecule has 0 bridgehead atoms. The molecule has 2 rings (SSSR count). The standard InChI is InChI=1S/C31H39N3O5/c1-4-5-6-10-27-18-25(12-11-22(27)2)19-28(30(37)33-17-8-7-9-23(3)31(38)39)34-29(36)26-15-13-24(14-16-26)20-32-21-35/h4-6,10-16,18,21,23,28H,7-9,17,19-20H2,1-3H3,(H,32,35)(H,33,37)(H,34,36)(H,38,39)/b5-4-,10-6-. The van der Waals surface area contributed by atoms with Crippen molar-refractivity contribution in [1.82, 2.24) is 16.0 Å².